The molecule has 128 valence electrons. The van der Waals surface area contributed by atoms with Gasteiger partial charge >= 0.3 is 6.03 Å². The maximum Gasteiger partial charge on any atom is 0.327 e. The van der Waals surface area contributed by atoms with Crippen LogP contribution in [-0.2, 0) is 11.3 Å². The number of urea groups is 1. The first-order chi connectivity index (χ1) is 11.6. The third-order valence-corrected chi connectivity index (χ3v) is 5.13. The molecule has 0 unspecified atom stereocenters. The molecular weight excluding hydrogens is 332 g/mol. The van der Waals surface area contributed by atoms with E-state index >= 15 is 0 Å². The largest absolute Gasteiger partial charge is 0.486 e. The van der Waals surface area contributed by atoms with E-state index in [-0.39, 0.29) is 31.1 Å². The molecule has 24 heavy (non-hydrogen) atoms. The fraction of sp³-hybridized carbons (Fsp3) is 0.529. The molecule has 0 spiro atoms. The highest BCUT2D eigenvalue weighted by molar-refractivity contribution is 6.32. The molecule has 1 saturated carbocycles. The average molecular weight is 351 g/mol. The lowest BCUT2D eigenvalue weighted by atomic mass is 10.2. The minimum atomic E-state index is -0.196. The second-order valence-corrected chi connectivity index (χ2v) is 6.84. The maximum atomic E-state index is 12.6. The molecule has 0 bridgehead atoms. The zero-order valence-electron chi connectivity index (χ0n) is 13.3. The van der Waals surface area contributed by atoms with E-state index in [0.717, 1.165) is 31.2 Å². The Hall–Kier alpha value is -1.95. The third kappa shape index (κ3) is 2.69. The monoisotopic (exact) mass is 350 g/mol. The Morgan fingerprint density at radius 1 is 1.12 bits per heavy atom. The summed E-state index contributed by atoms with van der Waals surface area (Å²) in [5.74, 6) is 0.937. The molecule has 1 aliphatic carbocycles. The number of amides is 3. The molecule has 1 aromatic carbocycles. The van der Waals surface area contributed by atoms with E-state index in [1.807, 2.05) is 0 Å². The number of hydrogen-bond donors (Lipinski definition) is 0. The molecule has 1 saturated heterocycles. The fourth-order valence-electron chi connectivity index (χ4n) is 3.66. The molecule has 1 aromatic rings. The number of benzene rings is 1. The van der Waals surface area contributed by atoms with Gasteiger partial charge in [-0.25, -0.2) is 4.79 Å². The Morgan fingerprint density at radius 3 is 2.67 bits per heavy atom. The van der Waals surface area contributed by atoms with Crippen molar-refractivity contribution in [3.05, 3.63) is 22.7 Å². The van der Waals surface area contributed by atoms with Gasteiger partial charge in [0.05, 0.1) is 11.6 Å². The maximum absolute atomic E-state index is 12.6. The number of carbonyl (C=O) groups is 2. The molecule has 3 amide bonds. The van der Waals surface area contributed by atoms with Crippen molar-refractivity contribution in [1.29, 1.82) is 0 Å². The van der Waals surface area contributed by atoms with Crippen molar-refractivity contribution in [3.8, 4) is 11.5 Å². The quantitative estimate of drug-likeness (QED) is 0.786. The summed E-state index contributed by atoms with van der Waals surface area (Å²) < 4.78 is 11.1. The van der Waals surface area contributed by atoms with E-state index in [1.54, 1.807) is 17.0 Å². The van der Waals surface area contributed by atoms with E-state index in [4.69, 9.17) is 21.1 Å². The summed E-state index contributed by atoms with van der Waals surface area (Å²) in [6.07, 6.45) is 4.23. The molecule has 0 aromatic heterocycles. The van der Waals surface area contributed by atoms with Crippen LogP contribution >= 0.6 is 11.6 Å². The zero-order chi connectivity index (χ0) is 16.7. The van der Waals surface area contributed by atoms with Crippen molar-refractivity contribution >= 4 is 23.5 Å². The van der Waals surface area contributed by atoms with Crippen LogP contribution in [0.5, 0.6) is 11.5 Å². The van der Waals surface area contributed by atoms with Crippen LogP contribution in [0.3, 0.4) is 0 Å². The number of carbonyl (C=O) groups excluding carboxylic acids is 2. The van der Waals surface area contributed by atoms with E-state index in [2.05, 4.69) is 0 Å². The van der Waals surface area contributed by atoms with E-state index < -0.39 is 0 Å². The molecule has 3 aliphatic rings. The summed E-state index contributed by atoms with van der Waals surface area (Å²) in [4.78, 5) is 28.0. The van der Waals surface area contributed by atoms with Crippen LogP contribution < -0.4 is 9.47 Å². The van der Waals surface area contributed by atoms with Crippen LogP contribution in [0.15, 0.2) is 12.1 Å². The summed E-state index contributed by atoms with van der Waals surface area (Å²) in [5.41, 5.74) is 0.763. The molecule has 6 nitrogen and oxygen atoms in total. The van der Waals surface area contributed by atoms with Gasteiger partial charge < -0.3 is 14.4 Å². The predicted octanol–water partition coefficient (Wildman–Crippen LogP) is 2.82. The van der Waals surface area contributed by atoms with Crippen molar-refractivity contribution in [2.75, 3.05) is 19.8 Å². The van der Waals surface area contributed by atoms with Crippen LogP contribution in [0.1, 0.15) is 31.2 Å². The van der Waals surface area contributed by atoms with Crippen molar-refractivity contribution in [1.82, 2.24) is 9.80 Å². The SMILES string of the molecule is O=C1CN(C2CCCC2)C(=O)N1Cc1cc(Cl)c2c(c1)OCCO2. The van der Waals surface area contributed by atoms with Gasteiger partial charge in [-0.3, -0.25) is 9.69 Å². The normalized spacial score (nSPS) is 21.0. The number of fused-ring (bicyclic) bond motifs is 1. The molecule has 7 heteroatoms. The van der Waals surface area contributed by atoms with Crippen LogP contribution in [0.2, 0.25) is 5.02 Å². The summed E-state index contributed by atoms with van der Waals surface area (Å²) in [6.45, 7) is 1.31. The minimum absolute atomic E-state index is 0.155. The topological polar surface area (TPSA) is 59.1 Å². The summed E-state index contributed by atoms with van der Waals surface area (Å²) in [5, 5.41) is 0.439. The highest BCUT2D eigenvalue weighted by Crippen LogP contribution is 2.39. The fourth-order valence-corrected chi connectivity index (χ4v) is 3.94. The van der Waals surface area contributed by atoms with Crippen LogP contribution in [0, 0.1) is 0 Å². The van der Waals surface area contributed by atoms with Crippen molar-refractivity contribution in [3.63, 3.8) is 0 Å². The first kappa shape index (κ1) is 15.6. The Morgan fingerprint density at radius 2 is 1.88 bits per heavy atom. The summed E-state index contributed by atoms with van der Waals surface area (Å²) >= 11 is 6.23. The molecule has 0 atom stereocenters. The second kappa shape index (κ2) is 6.16. The number of hydrogen-bond acceptors (Lipinski definition) is 4. The second-order valence-electron chi connectivity index (χ2n) is 6.43. The number of halogens is 1. The van der Waals surface area contributed by atoms with Gasteiger partial charge in [-0.1, -0.05) is 24.4 Å². The first-order valence-electron chi connectivity index (χ1n) is 8.32. The van der Waals surface area contributed by atoms with Crippen molar-refractivity contribution in [2.24, 2.45) is 0 Å². The van der Waals surface area contributed by atoms with Crippen LogP contribution in [-0.4, -0.2) is 47.5 Å². The van der Waals surface area contributed by atoms with Gasteiger partial charge in [0.25, 0.3) is 5.91 Å². The Kier molecular flexibility index (Phi) is 4.00. The lowest BCUT2D eigenvalue weighted by Crippen LogP contribution is -2.37. The van der Waals surface area contributed by atoms with Gasteiger partial charge in [0, 0.05) is 6.04 Å². The standard InChI is InChI=1S/C17H19ClN2O4/c18-13-7-11(8-14-16(13)24-6-5-23-14)9-20-15(21)10-19(17(20)22)12-3-1-2-4-12/h7-8,12H,1-6,9-10H2. The first-order valence-corrected chi connectivity index (χ1v) is 8.70. The smallest absolute Gasteiger partial charge is 0.327 e. The Bertz CT molecular complexity index is 687. The van der Waals surface area contributed by atoms with Gasteiger partial charge in [-0.15, -0.1) is 0 Å². The summed E-state index contributed by atoms with van der Waals surface area (Å²) in [7, 11) is 0. The zero-order valence-corrected chi connectivity index (χ0v) is 14.1. The molecule has 0 radical (unpaired) electrons. The van der Waals surface area contributed by atoms with Crippen molar-refractivity contribution < 1.29 is 19.1 Å². The minimum Gasteiger partial charge on any atom is -0.486 e. The lowest BCUT2D eigenvalue weighted by Gasteiger charge is -2.24. The van der Waals surface area contributed by atoms with Crippen LogP contribution in [0.4, 0.5) is 4.79 Å². The number of ether oxygens (including phenoxy) is 2. The molecular formula is C17H19ClN2O4. The molecule has 0 N–H and O–H groups in total. The number of nitrogens with zero attached hydrogens (tertiary/aromatic N) is 2. The number of rotatable bonds is 3. The van der Waals surface area contributed by atoms with Crippen LogP contribution in [0.25, 0.3) is 0 Å². The number of imide groups is 1. The summed E-state index contributed by atoms with van der Waals surface area (Å²) in [6, 6.07) is 3.53. The lowest BCUT2D eigenvalue weighted by molar-refractivity contribution is -0.125. The molecule has 2 heterocycles. The van der Waals surface area contributed by atoms with Gasteiger partial charge in [0.1, 0.15) is 19.8 Å². The Balaban J connectivity index is 1.53. The van der Waals surface area contributed by atoms with Gasteiger partial charge in [-0.05, 0) is 30.5 Å². The van der Waals surface area contributed by atoms with E-state index in [1.165, 1.54) is 4.90 Å². The van der Waals surface area contributed by atoms with Crippen molar-refractivity contribution in [2.45, 2.75) is 38.3 Å². The van der Waals surface area contributed by atoms with Gasteiger partial charge in [-0.2, -0.15) is 0 Å². The molecule has 4 rings (SSSR count). The molecule has 2 fully saturated rings. The molecule has 2 aliphatic heterocycles. The third-order valence-electron chi connectivity index (χ3n) is 4.85. The predicted molar refractivity (Wildman–Crippen MR) is 87.4 cm³/mol. The average Bonchev–Trinajstić information content (AvgIpc) is 3.19. The van der Waals surface area contributed by atoms with Gasteiger partial charge in [0.2, 0.25) is 0 Å². The van der Waals surface area contributed by atoms with E-state index in [9.17, 15) is 9.59 Å². The Labute approximate surface area is 145 Å². The highest BCUT2D eigenvalue weighted by atomic mass is 35.5. The van der Waals surface area contributed by atoms with Gasteiger partial charge in [0.15, 0.2) is 11.5 Å². The highest BCUT2D eigenvalue weighted by Gasteiger charge is 2.40. The van der Waals surface area contributed by atoms with E-state index in [0.29, 0.717) is 29.7 Å².